The van der Waals surface area contributed by atoms with Gasteiger partial charge in [-0.3, -0.25) is 9.59 Å². The number of hydrogen-bond donors (Lipinski definition) is 1. The Morgan fingerprint density at radius 1 is 1.24 bits per heavy atom. The van der Waals surface area contributed by atoms with Crippen molar-refractivity contribution in [3.8, 4) is 5.75 Å². The van der Waals surface area contributed by atoms with E-state index in [4.69, 9.17) is 9.47 Å². The minimum absolute atomic E-state index is 0.160. The lowest BCUT2D eigenvalue weighted by atomic mass is 9.95. The number of carbonyl (C=O) groups excluding carboxylic acids is 2. The summed E-state index contributed by atoms with van der Waals surface area (Å²) >= 11 is 1.43. The number of fused-ring (bicyclic) bond motifs is 1. The third-order valence-corrected chi connectivity index (χ3v) is 5.87. The van der Waals surface area contributed by atoms with E-state index < -0.39 is 5.97 Å². The highest BCUT2D eigenvalue weighted by atomic mass is 32.1. The Bertz CT molecular complexity index is 947. The fourth-order valence-electron chi connectivity index (χ4n) is 3.36. The van der Waals surface area contributed by atoms with E-state index in [0.717, 1.165) is 42.5 Å². The van der Waals surface area contributed by atoms with Gasteiger partial charge >= 0.3 is 5.97 Å². The third-order valence-electron chi connectivity index (χ3n) is 4.66. The van der Waals surface area contributed by atoms with Crippen molar-refractivity contribution in [1.82, 2.24) is 4.57 Å². The molecule has 7 nitrogen and oxygen atoms in total. The minimum atomic E-state index is -0.408. The van der Waals surface area contributed by atoms with Crippen molar-refractivity contribution >= 4 is 28.2 Å². The highest BCUT2D eigenvalue weighted by Gasteiger charge is 2.27. The van der Waals surface area contributed by atoms with E-state index in [1.807, 2.05) is 6.92 Å². The quantitative estimate of drug-likeness (QED) is 0.664. The summed E-state index contributed by atoms with van der Waals surface area (Å²) in [4.78, 5) is 38.7. The number of amides is 1. The lowest BCUT2D eigenvalue weighted by Crippen LogP contribution is -2.28. The first-order valence-electron chi connectivity index (χ1n) is 9.98. The third kappa shape index (κ3) is 4.87. The molecule has 0 unspecified atom stereocenters. The van der Waals surface area contributed by atoms with Gasteiger partial charge in [-0.05, 0) is 56.7 Å². The number of nitrogens with one attached hydrogen (secondary N) is 1. The van der Waals surface area contributed by atoms with E-state index in [1.165, 1.54) is 15.9 Å². The molecule has 0 bridgehead atoms. The zero-order valence-corrected chi connectivity index (χ0v) is 17.6. The second-order valence-electron chi connectivity index (χ2n) is 6.84. The summed E-state index contributed by atoms with van der Waals surface area (Å²) in [6, 6.07) is 3.27. The number of nitrogens with zero attached hydrogens (tertiary/aromatic N) is 1. The number of thiophene rings is 1. The van der Waals surface area contributed by atoms with Crippen LogP contribution >= 0.6 is 11.3 Å². The van der Waals surface area contributed by atoms with Crippen LogP contribution in [0.2, 0.25) is 0 Å². The van der Waals surface area contributed by atoms with Crippen LogP contribution < -0.4 is 15.6 Å². The number of pyridine rings is 1. The van der Waals surface area contributed by atoms with Gasteiger partial charge in [-0.25, -0.2) is 4.79 Å². The van der Waals surface area contributed by atoms with E-state index in [9.17, 15) is 14.4 Å². The number of ether oxygens (including phenoxy) is 2. The Balaban J connectivity index is 1.80. The van der Waals surface area contributed by atoms with Gasteiger partial charge in [0.15, 0.2) is 5.75 Å². The number of rotatable bonds is 8. The molecule has 0 spiro atoms. The molecule has 1 aliphatic rings. The minimum Gasteiger partial charge on any atom is -0.488 e. The largest absolute Gasteiger partial charge is 0.488 e. The first-order valence-corrected chi connectivity index (χ1v) is 10.8. The maximum atomic E-state index is 12.6. The summed E-state index contributed by atoms with van der Waals surface area (Å²) in [5, 5.41) is 3.33. The van der Waals surface area contributed by atoms with Gasteiger partial charge in [0.05, 0.1) is 18.8 Å². The van der Waals surface area contributed by atoms with Gasteiger partial charge in [-0.15, -0.1) is 11.3 Å². The molecule has 3 rings (SSSR count). The Kier molecular flexibility index (Phi) is 7.09. The van der Waals surface area contributed by atoms with Crippen molar-refractivity contribution in [2.75, 3.05) is 18.5 Å². The topological polar surface area (TPSA) is 86.6 Å². The monoisotopic (exact) mass is 418 g/mol. The molecule has 0 saturated carbocycles. The van der Waals surface area contributed by atoms with Gasteiger partial charge in [-0.1, -0.05) is 6.92 Å². The molecule has 2 aromatic heterocycles. The van der Waals surface area contributed by atoms with Gasteiger partial charge < -0.3 is 19.4 Å². The lowest BCUT2D eigenvalue weighted by molar-refractivity contribution is -0.116. The number of carbonyl (C=O) groups is 2. The molecule has 8 heteroatoms. The van der Waals surface area contributed by atoms with Crippen molar-refractivity contribution in [2.45, 2.75) is 52.5 Å². The first kappa shape index (κ1) is 21.1. The molecule has 2 heterocycles. The maximum Gasteiger partial charge on any atom is 0.341 e. The van der Waals surface area contributed by atoms with Gasteiger partial charge in [0.2, 0.25) is 5.91 Å². The lowest BCUT2D eigenvalue weighted by Gasteiger charge is -2.12. The van der Waals surface area contributed by atoms with Crippen LogP contribution in [-0.2, 0) is 28.9 Å². The Morgan fingerprint density at radius 3 is 2.79 bits per heavy atom. The second-order valence-corrected chi connectivity index (χ2v) is 7.94. The van der Waals surface area contributed by atoms with Crippen LogP contribution in [0, 0.1) is 0 Å². The van der Waals surface area contributed by atoms with Crippen LogP contribution in [0.1, 0.15) is 53.9 Å². The van der Waals surface area contributed by atoms with Crippen LogP contribution in [-0.4, -0.2) is 29.7 Å². The van der Waals surface area contributed by atoms with Crippen LogP contribution in [0.25, 0.3) is 0 Å². The molecule has 0 radical (unpaired) electrons. The number of aryl methyl sites for hydroxylation is 1. The van der Waals surface area contributed by atoms with Crippen LogP contribution in [0.4, 0.5) is 5.00 Å². The predicted molar refractivity (Wildman–Crippen MR) is 112 cm³/mol. The van der Waals surface area contributed by atoms with Crippen LogP contribution in [0.3, 0.4) is 0 Å². The molecule has 1 amide bonds. The van der Waals surface area contributed by atoms with Crippen molar-refractivity contribution in [3.63, 3.8) is 0 Å². The van der Waals surface area contributed by atoms with E-state index >= 15 is 0 Å². The molecule has 0 aromatic carbocycles. The number of esters is 1. The summed E-state index contributed by atoms with van der Waals surface area (Å²) in [5.74, 6) is -0.556. The molecule has 0 saturated heterocycles. The molecule has 2 aromatic rings. The molecular weight excluding hydrogens is 392 g/mol. The fraction of sp³-hybridized carbons (Fsp3) is 0.476. The molecule has 0 fully saturated rings. The summed E-state index contributed by atoms with van der Waals surface area (Å²) in [7, 11) is 0. The number of aromatic nitrogens is 1. The standard InChI is InChI=1S/C21H26N2O5S/c1-3-12-28-15-9-7-11-23(20(15)25)13-17(24)22-19-18(21(26)27-4-2)14-8-5-6-10-16(14)29-19/h7,9,11H,3-6,8,10,12-13H2,1-2H3,(H,22,24). The first-order chi connectivity index (χ1) is 14.0. The predicted octanol–water partition coefficient (Wildman–Crippen LogP) is 3.39. The normalized spacial score (nSPS) is 12.9. The van der Waals surface area contributed by atoms with E-state index in [-0.39, 0.29) is 30.4 Å². The van der Waals surface area contributed by atoms with Crippen molar-refractivity contribution < 1.29 is 19.1 Å². The number of hydrogen-bond acceptors (Lipinski definition) is 6. The summed E-state index contributed by atoms with van der Waals surface area (Å²) in [5.41, 5.74) is 1.10. The average molecular weight is 419 g/mol. The molecule has 0 atom stereocenters. The van der Waals surface area contributed by atoms with E-state index in [1.54, 1.807) is 25.3 Å². The van der Waals surface area contributed by atoms with Gasteiger partial charge in [0.25, 0.3) is 5.56 Å². The Hall–Kier alpha value is -2.61. The maximum absolute atomic E-state index is 12.6. The molecule has 29 heavy (non-hydrogen) atoms. The van der Waals surface area contributed by atoms with Crippen molar-refractivity contribution in [2.24, 2.45) is 0 Å². The molecular formula is C21H26N2O5S. The summed E-state index contributed by atoms with van der Waals surface area (Å²) in [6.07, 6.45) is 6.14. The molecule has 1 N–H and O–H groups in total. The zero-order chi connectivity index (χ0) is 20.8. The van der Waals surface area contributed by atoms with Crippen molar-refractivity contribution in [1.29, 1.82) is 0 Å². The van der Waals surface area contributed by atoms with Crippen molar-refractivity contribution in [3.05, 3.63) is 44.7 Å². The van der Waals surface area contributed by atoms with E-state index in [2.05, 4.69) is 5.32 Å². The second kappa shape index (κ2) is 9.73. The molecule has 156 valence electrons. The number of anilines is 1. The van der Waals surface area contributed by atoms with Gasteiger partial charge in [0, 0.05) is 11.1 Å². The SMILES string of the molecule is CCCOc1cccn(CC(=O)Nc2sc3c(c2C(=O)OCC)CCCC3)c1=O. The van der Waals surface area contributed by atoms with Crippen LogP contribution in [0.15, 0.2) is 23.1 Å². The molecule has 1 aliphatic carbocycles. The highest BCUT2D eigenvalue weighted by Crippen LogP contribution is 2.38. The Morgan fingerprint density at radius 2 is 2.03 bits per heavy atom. The fourth-order valence-corrected chi connectivity index (χ4v) is 4.65. The van der Waals surface area contributed by atoms with E-state index in [0.29, 0.717) is 17.2 Å². The van der Waals surface area contributed by atoms with Gasteiger partial charge in [-0.2, -0.15) is 0 Å². The summed E-state index contributed by atoms with van der Waals surface area (Å²) in [6.45, 7) is 4.27. The summed E-state index contributed by atoms with van der Waals surface area (Å²) < 4.78 is 11.9. The highest BCUT2D eigenvalue weighted by molar-refractivity contribution is 7.17. The Labute approximate surface area is 173 Å². The smallest absolute Gasteiger partial charge is 0.341 e. The zero-order valence-electron chi connectivity index (χ0n) is 16.8. The average Bonchev–Trinajstić information content (AvgIpc) is 3.06. The van der Waals surface area contributed by atoms with Crippen LogP contribution in [0.5, 0.6) is 5.75 Å². The van der Waals surface area contributed by atoms with Gasteiger partial charge in [0.1, 0.15) is 11.5 Å². The molecule has 0 aliphatic heterocycles.